The molecule has 5 heteroatoms. The molecular formula is C21H30O5. The summed E-state index contributed by atoms with van der Waals surface area (Å²) in [6, 6.07) is 0. The molecule has 3 aliphatic rings. The standard InChI is InChI=1S/C21H30O5/c1-5-19(3,18-25-10-11-26-18)12-16(24)20(4)14(2)6-8-21(13-22)9-7-15(23)17(20)21/h5,13-14,17-18H,1,6-12H2,2-4H3/t14-,17+,19?,20+,21+/m1/s1. The highest BCUT2D eigenvalue weighted by molar-refractivity contribution is 5.97. The first kappa shape index (κ1) is 19.4. The molecule has 144 valence electrons. The van der Waals surface area contributed by atoms with Crippen LogP contribution in [0.4, 0.5) is 0 Å². The van der Waals surface area contributed by atoms with E-state index in [4.69, 9.17) is 9.47 Å². The molecule has 5 nitrogen and oxygen atoms in total. The maximum absolute atomic E-state index is 13.6. The van der Waals surface area contributed by atoms with E-state index in [1.54, 1.807) is 6.08 Å². The van der Waals surface area contributed by atoms with E-state index in [1.165, 1.54) is 0 Å². The average molecular weight is 362 g/mol. The van der Waals surface area contributed by atoms with Gasteiger partial charge in [-0.3, -0.25) is 9.59 Å². The van der Waals surface area contributed by atoms with E-state index >= 15 is 0 Å². The fourth-order valence-electron chi connectivity index (χ4n) is 5.38. The Balaban J connectivity index is 1.93. The lowest BCUT2D eigenvalue weighted by Crippen LogP contribution is -2.55. The van der Waals surface area contributed by atoms with Crippen molar-refractivity contribution in [2.45, 2.75) is 59.2 Å². The van der Waals surface area contributed by atoms with E-state index in [0.717, 1.165) is 12.7 Å². The monoisotopic (exact) mass is 362 g/mol. The Morgan fingerprint density at radius 3 is 2.58 bits per heavy atom. The van der Waals surface area contributed by atoms with Gasteiger partial charge in [0.25, 0.3) is 0 Å². The second kappa shape index (κ2) is 6.68. The highest BCUT2D eigenvalue weighted by Crippen LogP contribution is 2.60. The Hall–Kier alpha value is -1.33. The van der Waals surface area contributed by atoms with Gasteiger partial charge < -0.3 is 14.3 Å². The normalized spacial score (nSPS) is 40.0. The zero-order chi connectivity index (χ0) is 19.2. The van der Waals surface area contributed by atoms with Gasteiger partial charge >= 0.3 is 0 Å². The summed E-state index contributed by atoms with van der Waals surface area (Å²) in [6.45, 7) is 10.7. The lowest BCUT2D eigenvalue weighted by molar-refractivity contribution is -0.159. The molecule has 0 aromatic carbocycles. The molecule has 1 saturated heterocycles. The number of carbonyl (C=O) groups excluding carboxylic acids is 3. The van der Waals surface area contributed by atoms with E-state index in [2.05, 4.69) is 6.58 Å². The van der Waals surface area contributed by atoms with Gasteiger partial charge in [-0.05, 0) is 25.2 Å². The van der Waals surface area contributed by atoms with Crippen LogP contribution in [-0.4, -0.2) is 37.4 Å². The lowest BCUT2D eigenvalue weighted by atomic mass is 9.50. The zero-order valence-electron chi connectivity index (χ0n) is 16.1. The third-order valence-corrected chi connectivity index (χ3v) is 7.40. The van der Waals surface area contributed by atoms with Gasteiger partial charge in [0.2, 0.25) is 0 Å². The number of fused-ring (bicyclic) bond motifs is 1. The fraction of sp³-hybridized carbons (Fsp3) is 0.762. The highest BCUT2D eigenvalue weighted by Gasteiger charge is 2.63. The van der Waals surface area contributed by atoms with Gasteiger partial charge in [-0.25, -0.2) is 0 Å². The summed E-state index contributed by atoms with van der Waals surface area (Å²) in [5.74, 6) is -0.385. The number of Topliss-reactive ketones (excluding diaryl/α,β-unsaturated/α-hetero) is 2. The van der Waals surface area contributed by atoms with Crippen LogP contribution >= 0.6 is 0 Å². The van der Waals surface area contributed by atoms with Crippen molar-refractivity contribution in [2.75, 3.05) is 13.2 Å². The van der Waals surface area contributed by atoms with Crippen LogP contribution in [0.15, 0.2) is 12.7 Å². The molecule has 26 heavy (non-hydrogen) atoms. The van der Waals surface area contributed by atoms with E-state index in [9.17, 15) is 14.4 Å². The van der Waals surface area contributed by atoms with Crippen LogP contribution in [-0.2, 0) is 23.9 Å². The number of hydrogen-bond donors (Lipinski definition) is 0. The molecule has 0 N–H and O–H groups in total. The molecule has 0 aromatic rings. The first-order valence-corrected chi connectivity index (χ1v) is 9.63. The average Bonchev–Trinajstić information content (AvgIpc) is 3.28. The predicted molar refractivity (Wildman–Crippen MR) is 96.4 cm³/mol. The molecule has 1 heterocycles. The minimum absolute atomic E-state index is 0.0117. The molecule has 2 aliphatic carbocycles. The van der Waals surface area contributed by atoms with Crippen molar-refractivity contribution >= 4 is 17.9 Å². The number of rotatable bonds is 6. The van der Waals surface area contributed by atoms with Crippen LogP contribution in [0.1, 0.15) is 52.9 Å². The third-order valence-electron chi connectivity index (χ3n) is 7.40. The lowest BCUT2D eigenvalue weighted by Gasteiger charge is -2.50. The molecular weight excluding hydrogens is 332 g/mol. The summed E-state index contributed by atoms with van der Waals surface area (Å²) in [4.78, 5) is 38.3. The summed E-state index contributed by atoms with van der Waals surface area (Å²) in [7, 11) is 0. The van der Waals surface area contributed by atoms with Gasteiger partial charge in [-0.15, -0.1) is 6.58 Å². The molecule has 2 saturated carbocycles. The van der Waals surface area contributed by atoms with Gasteiger partial charge in [0.1, 0.15) is 17.9 Å². The van der Waals surface area contributed by atoms with Crippen LogP contribution in [0.5, 0.6) is 0 Å². The Kier molecular flexibility index (Phi) is 4.99. The molecule has 1 aliphatic heterocycles. The number of ketones is 2. The molecule has 0 bridgehead atoms. The molecule has 3 rings (SSSR count). The van der Waals surface area contributed by atoms with Crippen LogP contribution in [0, 0.1) is 28.1 Å². The largest absolute Gasteiger partial charge is 0.349 e. The summed E-state index contributed by atoms with van der Waals surface area (Å²) >= 11 is 0. The van der Waals surface area contributed by atoms with Crippen molar-refractivity contribution < 1.29 is 23.9 Å². The number of carbonyl (C=O) groups is 3. The summed E-state index contributed by atoms with van der Waals surface area (Å²) < 4.78 is 11.3. The van der Waals surface area contributed by atoms with Crippen molar-refractivity contribution in [1.82, 2.24) is 0 Å². The van der Waals surface area contributed by atoms with Gasteiger partial charge in [-0.1, -0.05) is 26.8 Å². The topological polar surface area (TPSA) is 69.7 Å². The van der Waals surface area contributed by atoms with Crippen LogP contribution in [0.3, 0.4) is 0 Å². The highest BCUT2D eigenvalue weighted by atomic mass is 16.7. The van der Waals surface area contributed by atoms with Crippen molar-refractivity contribution in [3.8, 4) is 0 Å². The van der Waals surface area contributed by atoms with Gasteiger partial charge in [0.05, 0.1) is 13.2 Å². The zero-order valence-corrected chi connectivity index (χ0v) is 16.1. The fourth-order valence-corrected chi connectivity index (χ4v) is 5.38. The maximum atomic E-state index is 13.6. The molecule has 0 spiro atoms. The van der Waals surface area contributed by atoms with Gasteiger partial charge in [0.15, 0.2) is 6.29 Å². The first-order chi connectivity index (χ1) is 12.2. The van der Waals surface area contributed by atoms with Crippen molar-refractivity contribution in [3.05, 3.63) is 12.7 Å². The van der Waals surface area contributed by atoms with Crippen molar-refractivity contribution in [2.24, 2.45) is 28.1 Å². The van der Waals surface area contributed by atoms with E-state index in [1.807, 2.05) is 20.8 Å². The summed E-state index contributed by atoms with van der Waals surface area (Å²) in [6.07, 6.45) is 4.82. The predicted octanol–water partition coefficient (Wildman–Crippen LogP) is 3.11. The number of aldehydes is 1. The van der Waals surface area contributed by atoms with Gasteiger partial charge in [0, 0.05) is 35.0 Å². The van der Waals surface area contributed by atoms with Gasteiger partial charge in [-0.2, -0.15) is 0 Å². The minimum Gasteiger partial charge on any atom is -0.349 e. The van der Waals surface area contributed by atoms with Crippen molar-refractivity contribution in [3.63, 3.8) is 0 Å². The Bertz CT molecular complexity index is 622. The Labute approximate surface area is 155 Å². The smallest absolute Gasteiger partial charge is 0.166 e. The van der Waals surface area contributed by atoms with E-state index in [-0.39, 0.29) is 23.9 Å². The molecule has 0 aromatic heterocycles. The molecule has 3 fully saturated rings. The third kappa shape index (κ3) is 2.71. The molecule has 1 unspecified atom stereocenters. The Morgan fingerprint density at radius 1 is 1.35 bits per heavy atom. The quantitative estimate of drug-likeness (QED) is 0.536. The minimum atomic E-state index is -0.838. The van der Waals surface area contributed by atoms with Crippen LogP contribution in [0.25, 0.3) is 0 Å². The number of hydrogen-bond acceptors (Lipinski definition) is 5. The summed E-state index contributed by atoms with van der Waals surface area (Å²) in [5.41, 5.74) is -2.16. The second-order valence-electron chi connectivity index (χ2n) is 8.86. The Morgan fingerprint density at radius 2 is 2.00 bits per heavy atom. The van der Waals surface area contributed by atoms with Crippen LogP contribution in [0.2, 0.25) is 0 Å². The van der Waals surface area contributed by atoms with E-state index < -0.39 is 28.5 Å². The SMILES string of the molecule is C=CC(C)(CC(=O)[C@]1(C)[C@H](C)CC[C@@]2(C=O)CCC(=O)[C@H]21)C1OCCO1. The van der Waals surface area contributed by atoms with E-state index in [0.29, 0.717) is 32.5 Å². The van der Waals surface area contributed by atoms with Crippen molar-refractivity contribution in [1.29, 1.82) is 0 Å². The molecule has 5 atom stereocenters. The number of ether oxygens (including phenoxy) is 2. The molecule has 0 amide bonds. The second-order valence-corrected chi connectivity index (χ2v) is 8.86. The van der Waals surface area contributed by atoms with Crippen LogP contribution < -0.4 is 0 Å². The summed E-state index contributed by atoms with van der Waals surface area (Å²) in [5, 5.41) is 0. The molecule has 0 radical (unpaired) electrons. The maximum Gasteiger partial charge on any atom is 0.166 e. The first-order valence-electron chi connectivity index (χ1n) is 9.63.